The minimum atomic E-state index is -3.58. The highest BCUT2D eigenvalue weighted by molar-refractivity contribution is 7.90. The number of nitrogens with one attached hydrogen (secondary N) is 1. The van der Waals surface area contributed by atoms with E-state index in [0.29, 0.717) is 11.1 Å². The number of hydrogen-bond donors (Lipinski definition) is 1. The Hall–Kier alpha value is -3.76. The third-order valence-corrected chi connectivity index (χ3v) is 6.26. The average Bonchev–Trinajstić information content (AvgIpc) is 2.78. The first-order valence-corrected chi connectivity index (χ1v) is 12.1. The Morgan fingerprint density at radius 2 is 1.74 bits per heavy atom. The molecule has 0 aliphatic heterocycles. The van der Waals surface area contributed by atoms with Gasteiger partial charge in [-0.1, -0.05) is 48.0 Å². The molecule has 1 amide bonds. The van der Waals surface area contributed by atoms with Gasteiger partial charge in [0.25, 0.3) is 11.6 Å². The van der Waals surface area contributed by atoms with Crippen LogP contribution in [0.1, 0.15) is 27.6 Å². The molecule has 0 saturated carbocycles. The van der Waals surface area contributed by atoms with Crippen LogP contribution in [0.2, 0.25) is 5.02 Å². The molecule has 9 nitrogen and oxygen atoms in total. The predicted molar refractivity (Wildman–Crippen MR) is 126 cm³/mol. The van der Waals surface area contributed by atoms with E-state index >= 15 is 0 Å². The Labute approximate surface area is 200 Å². The van der Waals surface area contributed by atoms with Crippen LogP contribution in [0, 0.1) is 17.0 Å². The summed E-state index contributed by atoms with van der Waals surface area (Å²) in [5, 5.41) is 13.5. The van der Waals surface area contributed by atoms with Crippen LogP contribution < -0.4 is 5.32 Å². The summed E-state index contributed by atoms with van der Waals surface area (Å²) in [6.45, 7) is 1.60. The Morgan fingerprint density at radius 1 is 1.06 bits per heavy atom. The van der Waals surface area contributed by atoms with Gasteiger partial charge in [0.2, 0.25) is 6.10 Å². The molecule has 3 rings (SSSR count). The summed E-state index contributed by atoms with van der Waals surface area (Å²) in [5.41, 5.74) is 0.458. The van der Waals surface area contributed by atoms with Crippen molar-refractivity contribution >= 4 is 44.7 Å². The summed E-state index contributed by atoms with van der Waals surface area (Å²) < 4.78 is 29.3. The third-order valence-electron chi connectivity index (χ3n) is 4.83. The fraction of sp³-hybridized carbons (Fsp3) is 0.130. The van der Waals surface area contributed by atoms with Crippen molar-refractivity contribution in [2.24, 2.45) is 0 Å². The molecule has 1 unspecified atom stereocenters. The quantitative estimate of drug-likeness (QED) is 0.285. The van der Waals surface area contributed by atoms with E-state index < -0.39 is 38.4 Å². The van der Waals surface area contributed by atoms with Gasteiger partial charge in [0, 0.05) is 23.6 Å². The topological polar surface area (TPSA) is 133 Å². The number of nitro benzene ring substituents is 1. The van der Waals surface area contributed by atoms with Crippen molar-refractivity contribution in [3.63, 3.8) is 0 Å². The van der Waals surface area contributed by atoms with Crippen LogP contribution in [-0.4, -0.2) is 31.5 Å². The molecular weight excluding hydrogens is 484 g/mol. The molecule has 11 heteroatoms. The number of ether oxygens (including phenoxy) is 1. The maximum atomic E-state index is 13.1. The molecule has 0 bridgehead atoms. The zero-order valence-corrected chi connectivity index (χ0v) is 19.6. The van der Waals surface area contributed by atoms with Crippen molar-refractivity contribution in [1.29, 1.82) is 0 Å². The second-order valence-corrected chi connectivity index (χ2v) is 9.78. The number of nitro groups is 1. The lowest BCUT2D eigenvalue weighted by molar-refractivity contribution is -0.384. The van der Waals surface area contributed by atoms with Crippen molar-refractivity contribution < 1.29 is 27.7 Å². The molecule has 3 aromatic rings. The Bertz CT molecular complexity index is 1380. The van der Waals surface area contributed by atoms with Gasteiger partial charge in [0.05, 0.1) is 15.4 Å². The van der Waals surface area contributed by atoms with Crippen molar-refractivity contribution in [1.82, 2.24) is 0 Å². The van der Waals surface area contributed by atoms with Crippen LogP contribution in [0.3, 0.4) is 0 Å². The molecule has 0 aromatic heterocycles. The molecule has 1 N–H and O–H groups in total. The highest BCUT2D eigenvalue weighted by Gasteiger charge is 2.27. The zero-order valence-electron chi connectivity index (χ0n) is 18.0. The van der Waals surface area contributed by atoms with Crippen molar-refractivity contribution in [3.05, 3.63) is 98.6 Å². The summed E-state index contributed by atoms with van der Waals surface area (Å²) in [4.78, 5) is 36.4. The highest BCUT2D eigenvalue weighted by atomic mass is 35.5. The smallest absolute Gasteiger partial charge is 0.339 e. The number of aryl methyl sites for hydroxylation is 1. The summed E-state index contributed by atoms with van der Waals surface area (Å²) in [5.74, 6) is -1.68. The number of benzene rings is 3. The Balaban J connectivity index is 1.94. The largest absolute Gasteiger partial charge is 0.444 e. The van der Waals surface area contributed by atoms with Crippen LogP contribution in [-0.2, 0) is 19.4 Å². The van der Waals surface area contributed by atoms with Crippen LogP contribution >= 0.6 is 11.6 Å². The zero-order chi connectivity index (χ0) is 25.0. The maximum absolute atomic E-state index is 13.1. The minimum absolute atomic E-state index is 0.0150. The van der Waals surface area contributed by atoms with Crippen molar-refractivity contribution in [3.8, 4) is 0 Å². The highest BCUT2D eigenvalue weighted by Crippen LogP contribution is 2.29. The van der Waals surface area contributed by atoms with E-state index in [1.807, 2.05) is 0 Å². The first-order chi connectivity index (χ1) is 16.0. The summed E-state index contributed by atoms with van der Waals surface area (Å²) in [6, 6.07) is 15.9. The first kappa shape index (κ1) is 24.9. The van der Waals surface area contributed by atoms with Crippen LogP contribution in [0.25, 0.3) is 0 Å². The van der Waals surface area contributed by atoms with E-state index in [2.05, 4.69) is 5.32 Å². The number of nitrogens with zero attached hydrogens (tertiary/aromatic N) is 1. The summed E-state index contributed by atoms with van der Waals surface area (Å²) >= 11 is 5.82. The standard InChI is InChI=1S/C23H19ClN2O7S/c1-14-8-10-17(34(2,31)32)13-18(14)23(28)33-21(15-6-4-3-5-7-15)22(27)25-16-9-11-19(24)20(12-16)26(29)30/h3-13,21H,1-2H3,(H,25,27). The number of carbonyl (C=O) groups excluding carboxylic acids is 2. The van der Waals surface area contributed by atoms with Crippen molar-refractivity contribution in [2.45, 2.75) is 17.9 Å². The number of anilines is 1. The number of sulfone groups is 1. The van der Waals surface area contributed by atoms with E-state index in [1.54, 1.807) is 37.3 Å². The maximum Gasteiger partial charge on any atom is 0.339 e. The second kappa shape index (κ2) is 10.0. The lowest BCUT2D eigenvalue weighted by Crippen LogP contribution is -2.26. The number of halogens is 1. The fourth-order valence-electron chi connectivity index (χ4n) is 3.06. The molecule has 176 valence electrons. The van der Waals surface area contributed by atoms with Gasteiger partial charge in [-0.25, -0.2) is 13.2 Å². The minimum Gasteiger partial charge on any atom is -0.444 e. The van der Waals surface area contributed by atoms with E-state index in [9.17, 15) is 28.1 Å². The number of hydrogen-bond acceptors (Lipinski definition) is 7. The third kappa shape index (κ3) is 5.77. The molecule has 1 atom stereocenters. The molecule has 0 fully saturated rings. The number of esters is 1. The van der Waals surface area contributed by atoms with Gasteiger partial charge in [-0.05, 0) is 36.8 Å². The molecule has 0 aliphatic carbocycles. The lowest BCUT2D eigenvalue weighted by atomic mass is 10.1. The van der Waals surface area contributed by atoms with E-state index in [1.165, 1.54) is 30.3 Å². The fourth-order valence-corrected chi connectivity index (χ4v) is 3.89. The number of carbonyl (C=O) groups is 2. The molecule has 0 radical (unpaired) electrons. The van der Waals surface area contributed by atoms with Gasteiger partial charge < -0.3 is 10.1 Å². The van der Waals surface area contributed by atoms with Gasteiger partial charge >= 0.3 is 5.97 Å². The van der Waals surface area contributed by atoms with E-state index in [-0.39, 0.29) is 21.2 Å². The van der Waals surface area contributed by atoms with E-state index in [0.717, 1.165) is 12.3 Å². The molecule has 0 spiro atoms. The Kier molecular flexibility index (Phi) is 7.33. The molecular formula is C23H19ClN2O7S. The molecule has 3 aromatic carbocycles. The van der Waals surface area contributed by atoms with Crippen LogP contribution in [0.15, 0.2) is 71.6 Å². The van der Waals surface area contributed by atoms with Gasteiger partial charge in [-0.2, -0.15) is 0 Å². The van der Waals surface area contributed by atoms with Crippen LogP contribution in [0.4, 0.5) is 11.4 Å². The summed E-state index contributed by atoms with van der Waals surface area (Å²) in [6.07, 6.45) is -0.414. The van der Waals surface area contributed by atoms with Crippen molar-refractivity contribution in [2.75, 3.05) is 11.6 Å². The molecule has 34 heavy (non-hydrogen) atoms. The van der Waals surface area contributed by atoms with Gasteiger partial charge in [-0.15, -0.1) is 0 Å². The predicted octanol–water partition coefficient (Wildman–Crippen LogP) is 4.50. The molecule has 0 heterocycles. The van der Waals surface area contributed by atoms with Gasteiger partial charge in [0.1, 0.15) is 5.02 Å². The first-order valence-electron chi connectivity index (χ1n) is 9.79. The monoisotopic (exact) mass is 502 g/mol. The SMILES string of the molecule is Cc1ccc(S(C)(=O)=O)cc1C(=O)OC(C(=O)Nc1ccc(Cl)c([N+](=O)[O-])c1)c1ccccc1. The lowest BCUT2D eigenvalue weighted by Gasteiger charge is -2.19. The molecule has 0 aliphatic rings. The number of amides is 1. The van der Waals surface area contributed by atoms with Gasteiger partial charge in [0.15, 0.2) is 9.84 Å². The average molecular weight is 503 g/mol. The number of rotatable bonds is 7. The molecule has 0 saturated heterocycles. The van der Waals surface area contributed by atoms with E-state index in [4.69, 9.17) is 16.3 Å². The van der Waals surface area contributed by atoms with Gasteiger partial charge in [-0.3, -0.25) is 14.9 Å². The normalized spacial score (nSPS) is 12.0. The Morgan fingerprint density at radius 3 is 2.35 bits per heavy atom. The second-order valence-electron chi connectivity index (χ2n) is 7.36. The summed E-state index contributed by atoms with van der Waals surface area (Å²) in [7, 11) is -3.58. The van der Waals surface area contributed by atoms with Crippen LogP contribution in [0.5, 0.6) is 0 Å².